The minimum absolute atomic E-state index is 0.124. The number of imidazole rings is 1. The van der Waals surface area contributed by atoms with Crippen LogP contribution in [0.3, 0.4) is 0 Å². The van der Waals surface area contributed by atoms with Crippen molar-refractivity contribution in [2.45, 2.75) is 26.2 Å². The highest BCUT2D eigenvalue weighted by atomic mass is 16.3. The molecule has 134 valence electrons. The fourth-order valence-corrected chi connectivity index (χ4v) is 3.66. The summed E-state index contributed by atoms with van der Waals surface area (Å²) < 4.78 is 5.46. The van der Waals surface area contributed by atoms with Crippen molar-refractivity contribution in [2.24, 2.45) is 5.92 Å². The Morgan fingerprint density at radius 2 is 2.19 bits per heavy atom. The molecule has 0 saturated carbocycles. The minimum atomic E-state index is -0.208. The summed E-state index contributed by atoms with van der Waals surface area (Å²) in [6.07, 6.45) is 2.79. The second-order valence-corrected chi connectivity index (χ2v) is 6.93. The van der Waals surface area contributed by atoms with E-state index >= 15 is 0 Å². The van der Waals surface area contributed by atoms with Crippen LogP contribution in [0.5, 0.6) is 0 Å². The molecule has 0 spiro atoms. The third kappa shape index (κ3) is 3.40. The lowest BCUT2D eigenvalue weighted by Crippen LogP contribution is -2.40. The van der Waals surface area contributed by atoms with Crippen molar-refractivity contribution >= 4 is 16.9 Å². The third-order valence-corrected chi connectivity index (χ3v) is 4.83. The van der Waals surface area contributed by atoms with Gasteiger partial charge in [-0.15, -0.1) is 0 Å². The van der Waals surface area contributed by atoms with E-state index in [1.54, 1.807) is 11.8 Å². The van der Waals surface area contributed by atoms with Crippen LogP contribution in [0.2, 0.25) is 0 Å². The summed E-state index contributed by atoms with van der Waals surface area (Å²) in [5, 5.41) is 0. The summed E-state index contributed by atoms with van der Waals surface area (Å²) in [5.74, 6) is 1.66. The number of amides is 1. The van der Waals surface area contributed by atoms with Crippen LogP contribution in [-0.4, -0.2) is 33.9 Å². The number of nitrogens with one attached hydrogen (secondary N) is 1. The molecule has 1 aliphatic rings. The molecular weight excluding hydrogens is 330 g/mol. The van der Waals surface area contributed by atoms with Crippen LogP contribution in [0.25, 0.3) is 11.0 Å². The van der Waals surface area contributed by atoms with Gasteiger partial charge < -0.3 is 14.3 Å². The molecule has 2 aromatic heterocycles. The van der Waals surface area contributed by atoms with Crippen molar-refractivity contribution in [3.05, 3.63) is 64.0 Å². The summed E-state index contributed by atoms with van der Waals surface area (Å²) in [6, 6.07) is 10.6. The van der Waals surface area contributed by atoms with Crippen molar-refractivity contribution in [1.82, 2.24) is 14.9 Å². The molecule has 1 saturated heterocycles. The first-order chi connectivity index (χ1) is 12.6. The zero-order valence-corrected chi connectivity index (χ0v) is 14.7. The monoisotopic (exact) mass is 351 g/mol. The molecule has 0 aliphatic carbocycles. The molecule has 1 atom stereocenters. The molecule has 0 unspecified atom stereocenters. The summed E-state index contributed by atoms with van der Waals surface area (Å²) in [6.45, 7) is 3.01. The van der Waals surface area contributed by atoms with Gasteiger partial charge in [-0.3, -0.25) is 9.59 Å². The average Bonchev–Trinajstić information content (AvgIpc) is 3.02. The molecular formula is C20H21N3O3. The van der Waals surface area contributed by atoms with Gasteiger partial charge in [0.15, 0.2) is 11.2 Å². The van der Waals surface area contributed by atoms with Gasteiger partial charge in [0.25, 0.3) is 5.91 Å². The molecule has 1 fully saturated rings. The number of aromatic amines is 1. The lowest BCUT2D eigenvalue weighted by molar-refractivity contribution is 0.0635. The van der Waals surface area contributed by atoms with Crippen molar-refractivity contribution in [1.29, 1.82) is 0 Å². The van der Waals surface area contributed by atoms with E-state index in [0.29, 0.717) is 24.8 Å². The Hall–Kier alpha value is -2.89. The first-order valence-electron chi connectivity index (χ1n) is 8.93. The van der Waals surface area contributed by atoms with Crippen molar-refractivity contribution < 1.29 is 9.21 Å². The van der Waals surface area contributed by atoms with Gasteiger partial charge in [0.05, 0.1) is 11.0 Å². The van der Waals surface area contributed by atoms with Crippen LogP contribution in [-0.2, 0) is 6.42 Å². The second kappa shape index (κ2) is 6.78. The largest absolute Gasteiger partial charge is 0.456 e. The van der Waals surface area contributed by atoms with E-state index in [-0.39, 0.29) is 17.1 Å². The van der Waals surface area contributed by atoms with Crippen molar-refractivity contribution in [3.8, 4) is 0 Å². The Kier molecular flexibility index (Phi) is 4.32. The van der Waals surface area contributed by atoms with Crippen molar-refractivity contribution in [3.63, 3.8) is 0 Å². The molecule has 3 heterocycles. The maximum Gasteiger partial charge on any atom is 0.289 e. The molecule has 1 N–H and O–H groups in total. The number of likely N-dealkylation sites (tertiary alicyclic amines) is 1. The fourth-order valence-electron chi connectivity index (χ4n) is 3.66. The van der Waals surface area contributed by atoms with Gasteiger partial charge in [-0.1, -0.05) is 12.1 Å². The Labute approximate surface area is 150 Å². The Bertz CT molecular complexity index is 972. The molecule has 3 aromatic rings. The van der Waals surface area contributed by atoms with E-state index in [0.717, 1.165) is 36.1 Å². The Morgan fingerprint density at radius 1 is 1.35 bits per heavy atom. The Balaban J connectivity index is 1.48. The second-order valence-electron chi connectivity index (χ2n) is 6.93. The zero-order chi connectivity index (χ0) is 18.1. The van der Waals surface area contributed by atoms with Crippen LogP contribution in [0.15, 0.2) is 45.6 Å². The van der Waals surface area contributed by atoms with E-state index in [2.05, 4.69) is 9.97 Å². The predicted molar refractivity (Wildman–Crippen MR) is 98.1 cm³/mol. The van der Waals surface area contributed by atoms with E-state index in [1.165, 1.54) is 12.1 Å². The molecule has 1 aliphatic heterocycles. The first-order valence-corrected chi connectivity index (χ1v) is 8.93. The molecule has 26 heavy (non-hydrogen) atoms. The van der Waals surface area contributed by atoms with Gasteiger partial charge in [0.2, 0.25) is 0 Å². The zero-order valence-electron chi connectivity index (χ0n) is 14.7. The number of carbonyl (C=O) groups excluding carboxylic acids is 1. The number of aromatic nitrogens is 2. The van der Waals surface area contributed by atoms with Crippen LogP contribution >= 0.6 is 0 Å². The predicted octanol–water partition coefficient (Wildman–Crippen LogP) is 2.92. The fraction of sp³-hybridized carbons (Fsp3) is 0.350. The highest BCUT2D eigenvalue weighted by Crippen LogP contribution is 2.22. The first kappa shape index (κ1) is 16.6. The van der Waals surface area contributed by atoms with Gasteiger partial charge >= 0.3 is 0 Å². The number of carbonyl (C=O) groups is 1. The number of fused-ring (bicyclic) bond motifs is 1. The number of rotatable bonds is 3. The van der Waals surface area contributed by atoms with E-state index in [1.807, 2.05) is 24.3 Å². The molecule has 4 rings (SSSR count). The number of benzene rings is 1. The third-order valence-electron chi connectivity index (χ3n) is 4.83. The van der Waals surface area contributed by atoms with Crippen LogP contribution in [0.1, 0.15) is 35.0 Å². The molecule has 0 bridgehead atoms. The van der Waals surface area contributed by atoms with E-state index < -0.39 is 0 Å². The number of piperidine rings is 1. The maximum atomic E-state index is 12.7. The number of aryl methyl sites for hydroxylation is 1. The van der Waals surface area contributed by atoms with Crippen LogP contribution in [0.4, 0.5) is 0 Å². The maximum absolute atomic E-state index is 12.7. The molecule has 1 amide bonds. The highest BCUT2D eigenvalue weighted by Gasteiger charge is 2.27. The van der Waals surface area contributed by atoms with Gasteiger partial charge in [-0.2, -0.15) is 0 Å². The number of nitrogens with zero attached hydrogens (tertiary/aromatic N) is 2. The standard InChI is InChI=1S/C20H21N3O3/c1-13-9-15(24)11-18(26-13)20(25)23-8-4-5-14(12-23)10-19-21-16-6-2-3-7-17(16)22-19/h2-3,6-7,9,11,14H,4-5,8,10,12H2,1H3,(H,21,22)/t14-/m1/s1. The van der Waals surface area contributed by atoms with Crippen LogP contribution < -0.4 is 5.43 Å². The molecule has 0 radical (unpaired) electrons. The molecule has 1 aromatic carbocycles. The van der Waals surface area contributed by atoms with E-state index in [4.69, 9.17) is 4.42 Å². The summed E-state index contributed by atoms with van der Waals surface area (Å²) >= 11 is 0. The lowest BCUT2D eigenvalue weighted by Gasteiger charge is -2.32. The van der Waals surface area contributed by atoms with Gasteiger partial charge in [0.1, 0.15) is 11.6 Å². The summed E-state index contributed by atoms with van der Waals surface area (Å²) in [7, 11) is 0. The Morgan fingerprint density at radius 3 is 3.00 bits per heavy atom. The molecule has 6 heteroatoms. The van der Waals surface area contributed by atoms with Gasteiger partial charge in [-0.05, 0) is 37.8 Å². The highest BCUT2D eigenvalue weighted by molar-refractivity contribution is 5.91. The lowest BCUT2D eigenvalue weighted by atomic mass is 9.94. The molecule has 6 nitrogen and oxygen atoms in total. The van der Waals surface area contributed by atoms with Gasteiger partial charge in [-0.25, -0.2) is 4.98 Å². The number of hydrogen-bond donors (Lipinski definition) is 1. The number of H-pyrrole nitrogens is 1. The normalized spacial score (nSPS) is 17.6. The summed E-state index contributed by atoms with van der Waals surface area (Å²) in [4.78, 5) is 34.1. The average molecular weight is 351 g/mol. The quantitative estimate of drug-likeness (QED) is 0.787. The van der Waals surface area contributed by atoms with Gasteiger partial charge in [0, 0.05) is 31.6 Å². The van der Waals surface area contributed by atoms with E-state index in [9.17, 15) is 9.59 Å². The summed E-state index contributed by atoms with van der Waals surface area (Å²) in [5.41, 5.74) is 1.80. The SMILES string of the molecule is Cc1cc(=O)cc(C(=O)N2CCC[C@H](Cc3nc4ccccc4[nH]3)C2)o1. The number of para-hydroxylation sites is 2. The number of hydrogen-bond acceptors (Lipinski definition) is 4. The minimum Gasteiger partial charge on any atom is -0.456 e. The van der Waals surface area contributed by atoms with Crippen molar-refractivity contribution in [2.75, 3.05) is 13.1 Å². The smallest absolute Gasteiger partial charge is 0.289 e. The van der Waals surface area contributed by atoms with Crippen LogP contribution in [0, 0.1) is 12.8 Å². The topological polar surface area (TPSA) is 79.2 Å².